The van der Waals surface area contributed by atoms with Gasteiger partial charge in [0.2, 0.25) is 0 Å². The molecule has 0 amide bonds. The lowest BCUT2D eigenvalue weighted by Gasteiger charge is -2.17. The summed E-state index contributed by atoms with van der Waals surface area (Å²) in [6.07, 6.45) is 21.7. The van der Waals surface area contributed by atoms with E-state index in [1.807, 2.05) is 85.5 Å². The molecule has 9 heteroatoms. The van der Waals surface area contributed by atoms with Crippen LogP contribution in [0.25, 0.3) is 22.8 Å². The molecule has 0 aliphatic carbocycles. The van der Waals surface area contributed by atoms with E-state index < -0.39 is 11.6 Å². The standard InChI is InChI=1S/C50H50F2N6O/c1-3-5-7-9-11-13-37-31-55-49(56-32-37)39-19-15-35(16-20-39)27-43-45(25-23-41(29-53)47(43)51)59-46-26-24-42(30-54)48(52)44(46)28-36-17-21-40(22-18-36)50-57-33-38(34-58-50)14-12-10-8-6-4-2/h15-26,31-34H,3-14,27-28H2,1-2H3. The van der Waals surface area contributed by atoms with Gasteiger partial charge in [-0.2, -0.15) is 10.5 Å². The van der Waals surface area contributed by atoms with Crippen LogP contribution in [0.2, 0.25) is 0 Å². The number of hydrogen-bond donors (Lipinski definition) is 0. The average molecular weight is 789 g/mol. The molecule has 4 aromatic carbocycles. The second-order valence-corrected chi connectivity index (χ2v) is 15.0. The number of aromatic nitrogens is 4. The lowest BCUT2D eigenvalue weighted by Crippen LogP contribution is -2.04. The van der Waals surface area contributed by atoms with Crippen molar-refractivity contribution in [2.45, 2.75) is 104 Å². The molecule has 0 fully saturated rings. The fraction of sp³-hybridized carbons (Fsp3) is 0.320. The van der Waals surface area contributed by atoms with Crippen molar-refractivity contribution in [1.82, 2.24) is 19.9 Å². The number of halogens is 2. The molecule has 0 saturated heterocycles. The van der Waals surface area contributed by atoms with Crippen molar-refractivity contribution in [3.05, 3.63) is 154 Å². The topological polar surface area (TPSA) is 108 Å². The maximum atomic E-state index is 15.9. The minimum atomic E-state index is -0.712. The van der Waals surface area contributed by atoms with E-state index in [2.05, 4.69) is 33.8 Å². The van der Waals surface area contributed by atoms with E-state index in [1.165, 1.54) is 75.6 Å². The Labute approximate surface area is 346 Å². The highest BCUT2D eigenvalue weighted by molar-refractivity contribution is 5.58. The van der Waals surface area contributed by atoms with E-state index in [0.717, 1.165) is 59.1 Å². The van der Waals surface area contributed by atoms with Gasteiger partial charge in [0.05, 0.1) is 11.1 Å². The Kier molecular flexibility index (Phi) is 15.4. The summed E-state index contributed by atoms with van der Waals surface area (Å²) in [6, 6.07) is 24.6. The highest BCUT2D eigenvalue weighted by Gasteiger charge is 2.21. The molecule has 0 aliphatic rings. The quantitative estimate of drug-likeness (QED) is 0.0709. The van der Waals surface area contributed by atoms with Crippen LogP contribution < -0.4 is 4.74 Å². The fourth-order valence-corrected chi connectivity index (χ4v) is 7.10. The Morgan fingerprint density at radius 1 is 0.475 bits per heavy atom. The van der Waals surface area contributed by atoms with Gasteiger partial charge in [0.15, 0.2) is 11.6 Å². The molecule has 0 unspecified atom stereocenters. The summed E-state index contributed by atoms with van der Waals surface area (Å²) in [4.78, 5) is 18.3. The van der Waals surface area contributed by atoms with Crippen LogP contribution in [0.15, 0.2) is 97.6 Å². The van der Waals surface area contributed by atoms with Crippen molar-refractivity contribution < 1.29 is 13.5 Å². The number of unbranched alkanes of at least 4 members (excludes halogenated alkanes) is 8. The highest BCUT2D eigenvalue weighted by atomic mass is 19.1. The first-order chi connectivity index (χ1) is 28.9. The first-order valence-corrected chi connectivity index (χ1v) is 20.8. The van der Waals surface area contributed by atoms with Crippen molar-refractivity contribution in [3.63, 3.8) is 0 Å². The van der Waals surface area contributed by atoms with Gasteiger partial charge in [0.1, 0.15) is 35.3 Å². The van der Waals surface area contributed by atoms with Crippen LogP contribution in [-0.4, -0.2) is 19.9 Å². The van der Waals surface area contributed by atoms with Crippen LogP contribution in [-0.2, 0) is 25.7 Å². The van der Waals surface area contributed by atoms with Gasteiger partial charge in [-0.1, -0.05) is 114 Å². The van der Waals surface area contributed by atoms with Crippen molar-refractivity contribution in [3.8, 4) is 46.4 Å². The molecule has 6 aromatic rings. The molecule has 59 heavy (non-hydrogen) atoms. The van der Waals surface area contributed by atoms with Crippen molar-refractivity contribution in [1.29, 1.82) is 10.5 Å². The van der Waals surface area contributed by atoms with Crippen LogP contribution in [0.5, 0.6) is 11.5 Å². The fourth-order valence-electron chi connectivity index (χ4n) is 7.10. The summed E-state index contributed by atoms with van der Waals surface area (Å²) in [5.41, 5.74) is 5.45. The molecule has 0 aliphatic heterocycles. The Morgan fingerprint density at radius 2 is 0.847 bits per heavy atom. The van der Waals surface area contributed by atoms with Gasteiger partial charge < -0.3 is 4.74 Å². The molecule has 0 radical (unpaired) electrons. The van der Waals surface area contributed by atoms with Crippen molar-refractivity contribution in [2.75, 3.05) is 0 Å². The summed E-state index contributed by atoms with van der Waals surface area (Å²) >= 11 is 0. The number of ether oxygens (including phenoxy) is 1. The van der Waals surface area contributed by atoms with Gasteiger partial charge >= 0.3 is 0 Å². The molecule has 2 aromatic heterocycles. The normalized spacial score (nSPS) is 10.9. The predicted molar refractivity (Wildman–Crippen MR) is 228 cm³/mol. The zero-order valence-corrected chi connectivity index (χ0v) is 34.0. The molecular formula is C50H50F2N6O. The average Bonchev–Trinajstić information content (AvgIpc) is 3.27. The van der Waals surface area contributed by atoms with Gasteiger partial charge in [-0.05, 0) is 72.2 Å². The Balaban J connectivity index is 1.17. The third-order valence-electron chi connectivity index (χ3n) is 10.6. The molecular weight excluding hydrogens is 739 g/mol. The van der Waals surface area contributed by atoms with E-state index in [4.69, 9.17) is 4.74 Å². The maximum Gasteiger partial charge on any atom is 0.159 e. The third kappa shape index (κ3) is 11.4. The van der Waals surface area contributed by atoms with Crippen LogP contribution in [0.3, 0.4) is 0 Å². The molecule has 6 rings (SSSR count). The summed E-state index contributed by atoms with van der Waals surface area (Å²) in [6.45, 7) is 4.42. The predicted octanol–water partition coefficient (Wildman–Crippen LogP) is 12.6. The zero-order valence-electron chi connectivity index (χ0n) is 34.0. The smallest absolute Gasteiger partial charge is 0.159 e. The molecule has 0 bridgehead atoms. The lowest BCUT2D eigenvalue weighted by atomic mass is 9.98. The Bertz CT molecular complexity index is 2200. The molecule has 0 atom stereocenters. The van der Waals surface area contributed by atoms with Crippen LogP contribution >= 0.6 is 0 Å². The van der Waals surface area contributed by atoms with E-state index in [0.29, 0.717) is 11.6 Å². The monoisotopic (exact) mass is 788 g/mol. The van der Waals surface area contributed by atoms with Gasteiger partial charge in [0, 0.05) is 59.9 Å². The second kappa shape index (κ2) is 21.4. The molecule has 2 heterocycles. The summed E-state index contributed by atoms with van der Waals surface area (Å²) < 4.78 is 38.2. The van der Waals surface area contributed by atoms with E-state index in [9.17, 15) is 10.5 Å². The molecule has 0 spiro atoms. The first-order valence-electron chi connectivity index (χ1n) is 20.8. The van der Waals surface area contributed by atoms with Crippen LogP contribution in [0, 0.1) is 34.3 Å². The highest BCUT2D eigenvalue weighted by Crippen LogP contribution is 2.36. The van der Waals surface area contributed by atoms with Gasteiger partial charge in [-0.25, -0.2) is 28.7 Å². The van der Waals surface area contributed by atoms with Gasteiger partial charge in [-0.3, -0.25) is 0 Å². The van der Waals surface area contributed by atoms with Crippen molar-refractivity contribution in [2.24, 2.45) is 0 Å². The van der Waals surface area contributed by atoms with Crippen molar-refractivity contribution >= 4 is 0 Å². The van der Waals surface area contributed by atoms with Gasteiger partial charge in [-0.15, -0.1) is 0 Å². The van der Waals surface area contributed by atoms with E-state index in [1.54, 1.807) is 0 Å². The molecule has 7 nitrogen and oxygen atoms in total. The van der Waals surface area contributed by atoms with Crippen LogP contribution in [0.1, 0.15) is 123 Å². The molecule has 0 saturated carbocycles. The Hall–Kier alpha value is -6.32. The summed E-state index contributed by atoms with van der Waals surface area (Å²) in [7, 11) is 0. The third-order valence-corrected chi connectivity index (χ3v) is 10.6. The second-order valence-electron chi connectivity index (χ2n) is 15.0. The Morgan fingerprint density at radius 3 is 1.20 bits per heavy atom. The minimum Gasteiger partial charge on any atom is -0.457 e. The van der Waals surface area contributed by atoms with E-state index in [-0.39, 0.29) is 46.6 Å². The number of nitriles is 2. The maximum absolute atomic E-state index is 15.9. The number of aryl methyl sites for hydroxylation is 2. The molecule has 0 N–H and O–H groups in total. The lowest BCUT2D eigenvalue weighted by molar-refractivity contribution is 0.456. The summed E-state index contributed by atoms with van der Waals surface area (Å²) in [5.74, 6) is 0.0581. The van der Waals surface area contributed by atoms with Gasteiger partial charge in [0.25, 0.3) is 0 Å². The largest absolute Gasteiger partial charge is 0.457 e. The SMILES string of the molecule is CCCCCCCc1cnc(-c2ccc(Cc3c(Oc4ccc(C#N)c(F)c4Cc4ccc(-c5ncc(CCCCCCC)cn5)cc4)ccc(C#N)c3F)cc2)nc1. The number of rotatable bonds is 20. The minimum absolute atomic E-state index is 0.104. The van der Waals surface area contributed by atoms with E-state index >= 15 is 8.78 Å². The number of hydrogen-bond acceptors (Lipinski definition) is 7. The number of benzene rings is 4. The summed E-state index contributed by atoms with van der Waals surface area (Å²) in [5, 5.41) is 19.4. The van der Waals surface area contributed by atoms with Crippen LogP contribution in [0.4, 0.5) is 8.78 Å². The zero-order chi connectivity index (χ0) is 41.4. The first kappa shape index (κ1) is 42.3. The number of nitrogens with zero attached hydrogens (tertiary/aromatic N) is 6. The molecule has 300 valence electrons.